The zero-order valence-corrected chi connectivity index (χ0v) is 15.9. The predicted molar refractivity (Wildman–Crippen MR) is 104 cm³/mol. The number of urea groups is 1. The number of hydrogen-bond acceptors (Lipinski definition) is 6. The molecule has 2 fully saturated rings. The van der Waals surface area contributed by atoms with Gasteiger partial charge in [0.25, 0.3) is 0 Å². The van der Waals surface area contributed by atoms with Crippen LogP contribution in [0.25, 0.3) is 0 Å². The Labute approximate surface area is 166 Å². The number of primary amides is 1. The lowest BCUT2D eigenvalue weighted by Crippen LogP contribution is -2.31. The summed E-state index contributed by atoms with van der Waals surface area (Å²) in [5, 5.41) is 8.72. The van der Waals surface area contributed by atoms with Gasteiger partial charge in [-0.2, -0.15) is 5.26 Å². The van der Waals surface area contributed by atoms with Gasteiger partial charge in [-0.1, -0.05) is 5.57 Å². The number of allylic oxidation sites excluding steroid dienone is 1. The van der Waals surface area contributed by atoms with Crippen LogP contribution in [0, 0.1) is 17.1 Å². The lowest BCUT2D eigenvalue weighted by Gasteiger charge is -2.30. The fraction of sp³-hybridized carbons (Fsp3) is 0.389. The van der Waals surface area contributed by atoms with Crippen molar-refractivity contribution < 1.29 is 18.7 Å². The molecule has 0 saturated carbocycles. The molecular formula is C18H20FN5O3S. The van der Waals surface area contributed by atoms with Crippen LogP contribution in [0.4, 0.5) is 25.4 Å². The number of halogens is 1. The summed E-state index contributed by atoms with van der Waals surface area (Å²) in [7, 11) is 0. The SMILES string of the molecule is N#CC=C1CCN(c2ccc(N3CC(CSNC(N)=O)OC3=O)cc2F)CC1. The number of nitriles is 1. The Bertz CT molecular complexity index is 831. The van der Waals surface area contributed by atoms with E-state index < -0.39 is 24.0 Å². The number of nitrogens with one attached hydrogen (secondary N) is 1. The van der Waals surface area contributed by atoms with Gasteiger partial charge in [-0.25, -0.2) is 14.0 Å². The van der Waals surface area contributed by atoms with E-state index in [1.165, 1.54) is 11.0 Å². The third-order valence-corrected chi connectivity index (χ3v) is 5.46. The topological polar surface area (TPSA) is 112 Å². The number of nitrogens with zero attached hydrogens (tertiary/aromatic N) is 3. The summed E-state index contributed by atoms with van der Waals surface area (Å²) in [5.74, 6) is -0.0656. The largest absolute Gasteiger partial charge is 0.443 e. The summed E-state index contributed by atoms with van der Waals surface area (Å²) >= 11 is 1.05. The second kappa shape index (κ2) is 8.84. The average Bonchev–Trinajstić information content (AvgIpc) is 3.03. The molecule has 2 aliphatic rings. The van der Waals surface area contributed by atoms with E-state index in [0.717, 1.165) is 30.4 Å². The number of anilines is 2. The zero-order valence-electron chi connectivity index (χ0n) is 15.1. The van der Waals surface area contributed by atoms with Crippen molar-refractivity contribution in [3.8, 4) is 6.07 Å². The number of hydrogen-bond donors (Lipinski definition) is 2. The minimum atomic E-state index is -0.670. The van der Waals surface area contributed by atoms with Crippen molar-refractivity contribution >= 4 is 35.4 Å². The van der Waals surface area contributed by atoms with E-state index in [1.54, 1.807) is 18.2 Å². The zero-order chi connectivity index (χ0) is 20.1. The van der Waals surface area contributed by atoms with E-state index >= 15 is 0 Å². The summed E-state index contributed by atoms with van der Waals surface area (Å²) in [6.07, 6.45) is 2.03. The van der Waals surface area contributed by atoms with Crippen molar-refractivity contribution in [3.63, 3.8) is 0 Å². The van der Waals surface area contributed by atoms with Gasteiger partial charge in [0.1, 0.15) is 11.9 Å². The highest BCUT2D eigenvalue weighted by molar-refractivity contribution is 7.97. The maximum Gasteiger partial charge on any atom is 0.414 e. The third kappa shape index (κ3) is 4.67. The van der Waals surface area contributed by atoms with E-state index in [2.05, 4.69) is 4.72 Å². The molecule has 0 bridgehead atoms. The Morgan fingerprint density at radius 2 is 2.21 bits per heavy atom. The minimum Gasteiger partial charge on any atom is -0.443 e. The van der Waals surface area contributed by atoms with Crippen molar-refractivity contribution in [2.24, 2.45) is 5.73 Å². The minimum absolute atomic E-state index is 0.261. The van der Waals surface area contributed by atoms with E-state index in [-0.39, 0.29) is 6.54 Å². The van der Waals surface area contributed by atoms with Gasteiger partial charge in [-0.05, 0) is 43.0 Å². The molecule has 3 amide bonds. The molecule has 2 aliphatic heterocycles. The number of nitrogens with two attached hydrogens (primary N) is 1. The Balaban J connectivity index is 1.63. The van der Waals surface area contributed by atoms with Crippen molar-refractivity contribution in [2.45, 2.75) is 18.9 Å². The van der Waals surface area contributed by atoms with Gasteiger partial charge in [0, 0.05) is 19.2 Å². The number of carbonyl (C=O) groups is 2. The second-order valence-corrected chi connectivity index (χ2v) is 7.27. The molecule has 0 radical (unpaired) electrons. The van der Waals surface area contributed by atoms with Crippen LogP contribution in [-0.4, -0.2) is 43.6 Å². The van der Waals surface area contributed by atoms with Crippen LogP contribution < -0.4 is 20.3 Å². The molecular weight excluding hydrogens is 385 g/mol. The molecule has 3 rings (SSSR count). The summed E-state index contributed by atoms with van der Waals surface area (Å²) in [5.41, 5.74) is 6.96. The quantitative estimate of drug-likeness (QED) is 0.575. The van der Waals surface area contributed by atoms with Gasteiger partial charge < -0.3 is 15.4 Å². The number of piperidine rings is 1. The highest BCUT2D eigenvalue weighted by Crippen LogP contribution is 2.30. The molecule has 8 nitrogen and oxygen atoms in total. The predicted octanol–water partition coefficient (Wildman–Crippen LogP) is 2.52. The molecule has 0 spiro atoms. The van der Waals surface area contributed by atoms with Crippen molar-refractivity contribution in [3.05, 3.63) is 35.7 Å². The van der Waals surface area contributed by atoms with Crippen LogP contribution >= 0.6 is 11.9 Å². The maximum absolute atomic E-state index is 14.7. The van der Waals surface area contributed by atoms with E-state index in [0.29, 0.717) is 30.2 Å². The number of ether oxygens (including phenoxy) is 1. The molecule has 3 N–H and O–H groups in total. The number of cyclic esters (lactones) is 1. The van der Waals surface area contributed by atoms with Gasteiger partial charge in [0.2, 0.25) is 0 Å². The Morgan fingerprint density at radius 1 is 1.46 bits per heavy atom. The van der Waals surface area contributed by atoms with Crippen LogP contribution in [0.15, 0.2) is 29.8 Å². The van der Waals surface area contributed by atoms with Crippen molar-refractivity contribution in [1.82, 2.24) is 4.72 Å². The van der Waals surface area contributed by atoms with E-state index in [4.69, 9.17) is 15.7 Å². The molecule has 0 aliphatic carbocycles. The van der Waals surface area contributed by atoms with Crippen molar-refractivity contribution in [1.29, 1.82) is 5.26 Å². The van der Waals surface area contributed by atoms with Gasteiger partial charge in [-0.3, -0.25) is 9.62 Å². The molecule has 28 heavy (non-hydrogen) atoms. The summed E-state index contributed by atoms with van der Waals surface area (Å²) in [4.78, 5) is 26.1. The molecule has 0 aromatic heterocycles. The average molecular weight is 405 g/mol. The van der Waals surface area contributed by atoms with E-state index in [1.807, 2.05) is 11.0 Å². The van der Waals surface area contributed by atoms with Crippen LogP contribution in [-0.2, 0) is 4.74 Å². The van der Waals surface area contributed by atoms with Crippen LogP contribution in [0.1, 0.15) is 12.8 Å². The summed E-state index contributed by atoms with van der Waals surface area (Å²) < 4.78 is 22.3. The third-order valence-electron chi connectivity index (χ3n) is 4.57. The van der Waals surface area contributed by atoms with Gasteiger partial charge in [-0.15, -0.1) is 0 Å². The highest BCUT2D eigenvalue weighted by atomic mass is 32.2. The first-order chi connectivity index (χ1) is 13.5. The van der Waals surface area contributed by atoms with Gasteiger partial charge in [0.05, 0.1) is 29.7 Å². The Hall–Kier alpha value is -2.93. The van der Waals surface area contributed by atoms with Crippen LogP contribution in [0.2, 0.25) is 0 Å². The standard InChI is InChI=1S/C18H20FN5O3S/c19-15-9-13(24-10-14(27-18(24)26)11-28-22-17(21)25)1-2-16(15)23-7-4-12(3-6-20)5-8-23/h1-3,9,14H,4-5,7-8,10-11H2,(H3,21,22,25). The highest BCUT2D eigenvalue weighted by Gasteiger charge is 2.33. The van der Waals surface area contributed by atoms with Gasteiger partial charge >= 0.3 is 12.1 Å². The van der Waals surface area contributed by atoms with Gasteiger partial charge in [0.15, 0.2) is 0 Å². The van der Waals surface area contributed by atoms with E-state index in [9.17, 15) is 14.0 Å². The van der Waals surface area contributed by atoms with Crippen molar-refractivity contribution in [2.75, 3.05) is 35.2 Å². The molecule has 148 valence electrons. The smallest absolute Gasteiger partial charge is 0.414 e. The lowest BCUT2D eigenvalue weighted by molar-refractivity contribution is 0.151. The molecule has 1 aromatic carbocycles. The van der Waals surface area contributed by atoms with Crippen LogP contribution in [0.5, 0.6) is 0 Å². The molecule has 2 saturated heterocycles. The molecule has 1 unspecified atom stereocenters. The number of rotatable bonds is 5. The number of benzene rings is 1. The normalized spacial score (nSPS) is 19.2. The second-order valence-electron chi connectivity index (χ2n) is 6.45. The first-order valence-corrected chi connectivity index (χ1v) is 9.74. The monoisotopic (exact) mass is 405 g/mol. The summed E-state index contributed by atoms with van der Waals surface area (Å²) in [6.45, 7) is 1.54. The maximum atomic E-state index is 14.7. The first kappa shape index (κ1) is 19.8. The molecule has 1 aromatic rings. The molecule has 1 atom stereocenters. The summed E-state index contributed by atoms with van der Waals surface area (Å²) in [6, 6.07) is 6.05. The Kier molecular flexibility index (Phi) is 6.26. The number of carbonyl (C=O) groups excluding carboxylic acids is 2. The fourth-order valence-electron chi connectivity index (χ4n) is 3.22. The number of amides is 3. The Morgan fingerprint density at radius 3 is 2.86 bits per heavy atom. The van der Waals surface area contributed by atoms with Crippen LogP contribution in [0.3, 0.4) is 0 Å². The first-order valence-electron chi connectivity index (χ1n) is 8.75. The fourth-order valence-corrected chi connectivity index (χ4v) is 3.80. The molecule has 10 heteroatoms. The molecule has 2 heterocycles. The lowest BCUT2D eigenvalue weighted by atomic mass is 10.0.